The monoisotopic (exact) mass is 336 g/mol. The highest BCUT2D eigenvalue weighted by atomic mass is 79.9. The molecule has 108 valence electrons. The van der Waals surface area contributed by atoms with Crippen molar-refractivity contribution in [3.63, 3.8) is 0 Å². The molecule has 2 rings (SSSR count). The minimum absolute atomic E-state index is 0.672. The Hall–Kier alpha value is -1.13. The fraction of sp³-hybridized carbons (Fsp3) is 0.438. The number of benzene rings is 1. The normalized spacial score (nSPS) is 14.2. The highest BCUT2D eigenvalue weighted by molar-refractivity contribution is 9.10. The number of halogens is 1. The van der Waals surface area contributed by atoms with Crippen LogP contribution in [0.25, 0.3) is 0 Å². The highest BCUT2D eigenvalue weighted by Gasteiger charge is 2.35. The van der Waals surface area contributed by atoms with E-state index in [1.54, 1.807) is 6.20 Å². The summed E-state index contributed by atoms with van der Waals surface area (Å²) in [6.07, 6.45) is 4.33. The molecular formula is C16H21BrN2O. The Morgan fingerprint density at radius 2 is 1.90 bits per heavy atom. The third-order valence-corrected chi connectivity index (χ3v) is 4.07. The Labute approximate surface area is 128 Å². The molecule has 0 aliphatic carbocycles. The van der Waals surface area contributed by atoms with Crippen LogP contribution in [0.3, 0.4) is 0 Å². The Morgan fingerprint density at radius 3 is 2.50 bits per heavy atom. The number of aliphatic hydroxyl groups is 1. The van der Waals surface area contributed by atoms with Crippen molar-refractivity contribution >= 4 is 15.9 Å². The number of aromatic nitrogens is 2. The minimum Gasteiger partial charge on any atom is -0.379 e. The van der Waals surface area contributed by atoms with E-state index >= 15 is 0 Å². The van der Waals surface area contributed by atoms with Crippen molar-refractivity contribution in [2.24, 2.45) is 0 Å². The summed E-state index contributed by atoms with van der Waals surface area (Å²) in [5, 5.41) is 15.7. The molecule has 1 atom stereocenters. The fourth-order valence-corrected chi connectivity index (χ4v) is 3.25. The van der Waals surface area contributed by atoms with Crippen molar-refractivity contribution in [2.75, 3.05) is 0 Å². The molecule has 4 heteroatoms. The van der Waals surface area contributed by atoms with Crippen molar-refractivity contribution in [2.45, 2.75) is 45.3 Å². The Morgan fingerprint density at radius 1 is 1.20 bits per heavy atom. The van der Waals surface area contributed by atoms with Gasteiger partial charge in [0.2, 0.25) is 0 Å². The Balaban J connectivity index is 2.56. The fourth-order valence-electron chi connectivity index (χ4n) is 2.63. The smallest absolute Gasteiger partial charge is 0.132 e. The van der Waals surface area contributed by atoms with Crippen LogP contribution in [0.2, 0.25) is 0 Å². The molecule has 0 bridgehead atoms. The van der Waals surface area contributed by atoms with Crippen molar-refractivity contribution in [1.29, 1.82) is 0 Å². The second-order valence-electron chi connectivity index (χ2n) is 5.04. The summed E-state index contributed by atoms with van der Waals surface area (Å²) in [5.74, 6) is 0. The maximum absolute atomic E-state index is 11.3. The van der Waals surface area contributed by atoms with Gasteiger partial charge in [-0.05, 0) is 34.3 Å². The molecule has 1 heterocycles. The van der Waals surface area contributed by atoms with Crippen LogP contribution in [-0.4, -0.2) is 14.9 Å². The summed E-state index contributed by atoms with van der Waals surface area (Å²) in [5.41, 5.74) is 0.772. The zero-order chi connectivity index (χ0) is 14.6. The number of aryl methyl sites for hydroxylation is 1. The molecule has 1 unspecified atom stereocenters. The molecule has 0 saturated carbocycles. The van der Waals surface area contributed by atoms with Gasteiger partial charge in [0.15, 0.2) is 0 Å². The predicted octanol–water partition coefficient (Wildman–Crippen LogP) is 4.09. The van der Waals surface area contributed by atoms with Crippen molar-refractivity contribution in [3.8, 4) is 0 Å². The molecule has 3 nitrogen and oxygen atoms in total. The largest absolute Gasteiger partial charge is 0.379 e. The van der Waals surface area contributed by atoms with Gasteiger partial charge in [0, 0.05) is 6.54 Å². The molecule has 1 aromatic carbocycles. The molecular weight excluding hydrogens is 316 g/mol. The van der Waals surface area contributed by atoms with Gasteiger partial charge in [0.25, 0.3) is 0 Å². The van der Waals surface area contributed by atoms with Gasteiger partial charge in [0.05, 0.1) is 16.4 Å². The standard InChI is InChI=1S/C16H21BrN2O/c1-3-10-16(20,13-8-6-5-7-9-13)15-14(17)12-18-19(15)11-4-2/h5-9,12,20H,3-4,10-11H2,1-2H3. The summed E-state index contributed by atoms with van der Waals surface area (Å²) in [6.45, 7) is 5.00. The topological polar surface area (TPSA) is 38.0 Å². The third-order valence-electron chi connectivity index (χ3n) is 3.49. The summed E-state index contributed by atoms with van der Waals surface area (Å²) in [6, 6.07) is 9.85. The molecule has 1 aromatic heterocycles. The lowest BCUT2D eigenvalue weighted by molar-refractivity contribution is 0.0595. The van der Waals surface area contributed by atoms with Gasteiger partial charge >= 0.3 is 0 Å². The molecule has 0 radical (unpaired) electrons. The average molecular weight is 337 g/mol. The maximum Gasteiger partial charge on any atom is 0.132 e. The van der Waals surface area contributed by atoms with Gasteiger partial charge < -0.3 is 5.11 Å². The average Bonchev–Trinajstić information content (AvgIpc) is 2.82. The SMILES string of the molecule is CCCn1ncc(Br)c1C(O)(CCC)c1ccccc1. The molecule has 20 heavy (non-hydrogen) atoms. The molecule has 2 aromatic rings. The van der Waals surface area contributed by atoms with Gasteiger partial charge in [-0.15, -0.1) is 0 Å². The van der Waals surface area contributed by atoms with Gasteiger partial charge in [-0.25, -0.2) is 0 Å². The zero-order valence-electron chi connectivity index (χ0n) is 12.0. The number of nitrogens with zero attached hydrogens (tertiary/aromatic N) is 2. The van der Waals surface area contributed by atoms with Crippen LogP contribution in [0.15, 0.2) is 41.0 Å². The van der Waals surface area contributed by atoms with Crippen LogP contribution >= 0.6 is 15.9 Å². The summed E-state index contributed by atoms with van der Waals surface area (Å²) < 4.78 is 2.78. The molecule has 0 aliphatic heterocycles. The molecule has 0 saturated heterocycles. The number of rotatable bonds is 6. The van der Waals surface area contributed by atoms with E-state index < -0.39 is 5.60 Å². The summed E-state index contributed by atoms with van der Waals surface area (Å²) in [4.78, 5) is 0. The maximum atomic E-state index is 11.3. The number of hydrogen-bond acceptors (Lipinski definition) is 2. The van der Waals surface area contributed by atoms with Gasteiger partial charge in [-0.2, -0.15) is 5.10 Å². The summed E-state index contributed by atoms with van der Waals surface area (Å²) in [7, 11) is 0. The first-order valence-corrected chi connectivity index (χ1v) is 7.92. The van der Waals surface area contributed by atoms with Gasteiger partial charge in [0.1, 0.15) is 5.60 Å². The van der Waals surface area contributed by atoms with Crippen LogP contribution in [0, 0.1) is 0 Å². The molecule has 0 aliphatic rings. The van der Waals surface area contributed by atoms with Crippen molar-refractivity contribution < 1.29 is 5.11 Å². The lowest BCUT2D eigenvalue weighted by Crippen LogP contribution is -2.31. The first-order chi connectivity index (χ1) is 9.63. The van der Waals surface area contributed by atoms with E-state index in [0.717, 1.165) is 35.1 Å². The first kappa shape index (κ1) is 15.3. The van der Waals surface area contributed by atoms with Gasteiger partial charge in [-0.3, -0.25) is 4.68 Å². The summed E-state index contributed by atoms with van der Waals surface area (Å²) >= 11 is 3.55. The molecule has 0 spiro atoms. The second-order valence-corrected chi connectivity index (χ2v) is 5.89. The predicted molar refractivity (Wildman–Crippen MR) is 84.6 cm³/mol. The first-order valence-electron chi connectivity index (χ1n) is 7.13. The molecule has 1 N–H and O–H groups in total. The molecule has 0 fully saturated rings. The quantitative estimate of drug-likeness (QED) is 0.862. The van der Waals surface area contributed by atoms with E-state index in [9.17, 15) is 5.11 Å². The van der Waals surface area contributed by atoms with E-state index in [0.29, 0.717) is 6.42 Å². The van der Waals surface area contributed by atoms with Crippen LogP contribution in [0.5, 0.6) is 0 Å². The van der Waals surface area contributed by atoms with Crippen LogP contribution in [0.4, 0.5) is 0 Å². The Bertz CT molecular complexity index is 553. The molecule has 0 amide bonds. The van der Waals surface area contributed by atoms with Crippen molar-refractivity contribution in [3.05, 3.63) is 52.3 Å². The van der Waals surface area contributed by atoms with Crippen molar-refractivity contribution in [1.82, 2.24) is 9.78 Å². The lowest BCUT2D eigenvalue weighted by atomic mass is 9.86. The minimum atomic E-state index is -0.999. The van der Waals surface area contributed by atoms with Crippen LogP contribution < -0.4 is 0 Å². The van der Waals surface area contributed by atoms with E-state index in [-0.39, 0.29) is 0 Å². The van der Waals surface area contributed by atoms with E-state index in [1.165, 1.54) is 0 Å². The zero-order valence-corrected chi connectivity index (χ0v) is 13.6. The Kier molecular flexibility index (Phi) is 5.00. The van der Waals surface area contributed by atoms with Crippen LogP contribution in [0.1, 0.15) is 44.4 Å². The number of hydrogen-bond donors (Lipinski definition) is 1. The third kappa shape index (κ3) is 2.81. The second kappa shape index (κ2) is 6.55. The van der Waals surface area contributed by atoms with E-state index in [4.69, 9.17) is 0 Å². The van der Waals surface area contributed by atoms with E-state index in [2.05, 4.69) is 34.9 Å². The highest BCUT2D eigenvalue weighted by Crippen LogP contribution is 2.38. The van der Waals surface area contributed by atoms with E-state index in [1.807, 2.05) is 35.0 Å². The van der Waals surface area contributed by atoms with Gasteiger partial charge in [-0.1, -0.05) is 50.6 Å². The van der Waals surface area contributed by atoms with Crippen LogP contribution in [-0.2, 0) is 12.1 Å². The lowest BCUT2D eigenvalue weighted by Gasteiger charge is -2.30.